The van der Waals surface area contributed by atoms with E-state index in [4.69, 9.17) is 9.47 Å². The van der Waals surface area contributed by atoms with Crippen LogP contribution in [0.5, 0.6) is 0 Å². The van der Waals surface area contributed by atoms with Crippen molar-refractivity contribution in [3.8, 4) is 10.6 Å². The molecule has 0 N–H and O–H groups in total. The number of nitrogens with zero attached hydrogens (tertiary/aromatic N) is 3. The summed E-state index contributed by atoms with van der Waals surface area (Å²) in [6.45, 7) is 4.81. The Morgan fingerprint density at radius 3 is 3.04 bits per heavy atom. The third-order valence-corrected chi connectivity index (χ3v) is 6.83. The van der Waals surface area contributed by atoms with Gasteiger partial charge < -0.3 is 14.4 Å². The fraction of sp³-hybridized carbons (Fsp3) is 0.524. The average molecular weight is 402 g/mol. The van der Waals surface area contributed by atoms with Gasteiger partial charge in [-0.05, 0) is 0 Å². The van der Waals surface area contributed by atoms with E-state index < -0.39 is 5.41 Å². The maximum absolute atomic E-state index is 13.2. The standard InChI is InChI=1S/C21H27N3O3S/c1-23(8-9-26-2)20(25)21-14-24(11-17(21)13-27-15-21)12-18-10-22-19(28-18)16-6-4-3-5-7-16/h3-7,10,17H,8-9,11-15H2,1-2H3/t17-,21-/m1/s1. The Morgan fingerprint density at radius 2 is 2.25 bits per heavy atom. The van der Waals surface area contributed by atoms with Crippen molar-refractivity contribution in [2.24, 2.45) is 11.3 Å². The summed E-state index contributed by atoms with van der Waals surface area (Å²) in [6, 6.07) is 10.3. The summed E-state index contributed by atoms with van der Waals surface area (Å²) in [5.41, 5.74) is 0.729. The van der Waals surface area contributed by atoms with E-state index in [0.29, 0.717) is 26.4 Å². The summed E-state index contributed by atoms with van der Waals surface area (Å²) >= 11 is 1.73. The van der Waals surface area contributed by atoms with E-state index in [-0.39, 0.29) is 11.8 Å². The van der Waals surface area contributed by atoms with Crippen molar-refractivity contribution in [3.05, 3.63) is 41.4 Å². The van der Waals surface area contributed by atoms with Crippen LogP contribution in [0.15, 0.2) is 36.5 Å². The number of rotatable bonds is 7. The lowest BCUT2D eigenvalue weighted by atomic mass is 9.79. The highest BCUT2D eigenvalue weighted by atomic mass is 32.1. The van der Waals surface area contributed by atoms with Crippen molar-refractivity contribution in [2.45, 2.75) is 6.54 Å². The monoisotopic (exact) mass is 401 g/mol. The first-order valence-electron chi connectivity index (χ1n) is 9.67. The van der Waals surface area contributed by atoms with Crippen LogP contribution in [0.4, 0.5) is 0 Å². The van der Waals surface area contributed by atoms with Gasteiger partial charge in [0.05, 0.1) is 25.2 Å². The molecule has 2 atom stereocenters. The van der Waals surface area contributed by atoms with Crippen LogP contribution >= 0.6 is 11.3 Å². The normalized spacial score (nSPS) is 24.4. The van der Waals surface area contributed by atoms with E-state index in [1.165, 1.54) is 4.88 Å². The molecule has 2 aromatic rings. The summed E-state index contributed by atoms with van der Waals surface area (Å²) in [5, 5.41) is 1.04. The highest BCUT2D eigenvalue weighted by Gasteiger charge is 2.56. The Kier molecular flexibility index (Phi) is 5.78. The van der Waals surface area contributed by atoms with Gasteiger partial charge in [-0.15, -0.1) is 11.3 Å². The maximum Gasteiger partial charge on any atom is 0.232 e. The smallest absolute Gasteiger partial charge is 0.232 e. The molecular weight excluding hydrogens is 374 g/mol. The second kappa shape index (κ2) is 8.29. The van der Waals surface area contributed by atoms with E-state index in [9.17, 15) is 4.79 Å². The van der Waals surface area contributed by atoms with Crippen LogP contribution in [-0.4, -0.2) is 74.3 Å². The summed E-state index contributed by atoms with van der Waals surface area (Å²) in [6.07, 6.45) is 1.97. The number of ether oxygens (including phenoxy) is 2. The first-order valence-corrected chi connectivity index (χ1v) is 10.5. The molecule has 6 nitrogen and oxygen atoms in total. The minimum Gasteiger partial charge on any atom is -0.383 e. The number of hydrogen-bond acceptors (Lipinski definition) is 6. The molecule has 4 rings (SSSR count). The molecular formula is C21H27N3O3S. The summed E-state index contributed by atoms with van der Waals surface area (Å²) in [5.74, 6) is 0.440. The molecule has 7 heteroatoms. The minimum absolute atomic E-state index is 0.184. The topological polar surface area (TPSA) is 54.9 Å². The Labute approximate surface area is 170 Å². The number of likely N-dealkylation sites (N-methyl/N-ethyl adjacent to an activating group) is 1. The molecule has 1 amide bonds. The molecule has 0 unspecified atom stereocenters. The molecule has 2 fully saturated rings. The Hall–Kier alpha value is -1.80. The Balaban J connectivity index is 1.44. The van der Waals surface area contributed by atoms with Gasteiger partial charge in [0, 0.05) is 62.9 Å². The quantitative estimate of drug-likeness (QED) is 0.713. The fourth-order valence-corrected chi connectivity index (χ4v) is 5.25. The number of fused-ring (bicyclic) bond motifs is 1. The highest BCUT2D eigenvalue weighted by molar-refractivity contribution is 7.15. The second-order valence-corrected chi connectivity index (χ2v) is 8.87. The van der Waals surface area contributed by atoms with Crippen molar-refractivity contribution < 1.29 is 14.3 Å². The van der Waals surface area contributed by atoms with Gasteiger partial charge in [-0.3, -0.25) is 9.69 Å². The summed E-state index contributed by atoms with van der Waals surface area (Å²) in [7, 11) is 3.53. The molecule has 1 aromatic carbocycles. The van der Waals surface area contributed by atoms with Crippen LogP contribution in [0.25, 0.3) is 10.6 Å². The number of methoxy groups -OCH3 is 1. The first-order chi connectivity index (χ1) is 13.6. The summed E-state index contributed by atoms with van der Waals surface area (Å²) in [4.78, 5) is 23.2. The Morgan fingerprint density at radius 1 is 1.43 bits per heavy atom. The fourth-order valence-electron chi connectivity index (χ4n) is 4.29. The lowest BCUT2D eigenvalue weighted by molar-refractivity contribution is -0.142. The molecule has 3 heterocycles. The molecule has 0 aliphatic carbocycles. The molecule has 0 spiro atoms. The van der Waals surface area contributed by atoms with E-state index in [1.807, 2.05) is 31.4 Å². The van der Waals surface area contributed by atoms with E-state index in [0.717, 1.165) is 30.2 Å². The summed E-state index contributed by atoms with van der Waals surface area (Å²) < 4.78 is 10.9. The van der Waals surface area contributed by atoms with Crippen LogP contribution in [0.3, 0.4) is 0 Å². The number of thiazole rings is 1. The second-order valence-electron chi connectivity index (χ2n) is 7.76. The molecule has 1 aromatic heterocycles. The van der Waals surface area contributed by atoms with Crippen molar-refractivity contribution in [2.75, 3.05) is 53.6 Å². The predicted molar refractivity (Wildman–Crippen MR) is 109 cm³/mol. The molecule has 2 aliphatic heterocycles. The van der Waals surface area contributed by atoms with Crippen LogP contribution in [0, 0.1) is 11.3 Å². The van der Waals surface area contributed by atoms with E-state index in [2.05, 4.69) is 22.0 Å². The van der Waals surface area contributed by atoms with Gasteiger partial charge in [0.1, 0.15) is 5.01 Å². The van der Waals surface area contributed by atoms with Crippen LogP contribution in [0.1, 0.15) is 4.88 Å². The predicted octanol–water partition coefficient (Wildman–Crippen LogP) is 2.36. The maximum atomic E-state index is 13.2. The van der Waals surface area contributed by atoms with Gasteiger partial charge in [-0.2, -0.15) is 0 Å². The molecule has 2 aliphatic rings. The molecule has 2 saturated heterocycles. The van der Waals surface area contributed by atoms with Gasteiger partial charge >= 0.3 is 0 Å². The lowest BCUT2D eigenvalue weighted by Gasteiger charge is -2.31. The first kappa shape index (κ1) is 19.5. The Bertz CT molecular complexity index is 812. The molecule has 28 heavy (non-hydrogen) atoms. The number of amides is 1. The van der Waals surface area contributed by atoms with Crippen molar-refractivity contribution in [1.82, 2.24) is 14.8 Å². The van der Waals surface area contributed by atoms with Gasteiger partial charge in [0.2, 0.25) is 5.91 Å². The average Bonchev–Trinajstić information content (AvgIpc) is 3.41. The number of benzene rings is 1. The highest BCUT2D eigenvalue weighted by Crippen LogP contribution is 2.43. The SMILES string of the molecule is COCCN(C)C(=O)[C@]12COC[C@H]1CN(Cc1cnc(-c3ccccc3)s1)C2. The largest absolute Gasteiger partial charge is 0.383 e. The van der Waals surface area contributed by atoms with Gasteiger partial charge in [0.15, 0.2) is 0 Å². The molecule has 150 valence electrons. The molecule has 0 radical (unpaired) electrons. The number of hydrogen-bond donors (Lipinski definition) is 0. The van der Waals surface area contributed by atoms with Gasteiger partial charge in [0.25, 0.3) is 0 Å². The lowest BCUT2D eigenvalue weighted by Crippen LogP contribution is -2.48. The third-order valence-electron chi connectivity index (χ3n) is 5.80. The third kappa shape index (κ3) is 3.72. The minimum atomic E-state index is -0.421. The zero-order valence-corrected chi connectivity index (χ0v) is 17.3. The number of carbonyl (C=O) groups is 1. The van der Waals surface area contributed by atoms with Crippen LogP contribution in [-0.2, 0) is 20.8 Å². The van der Waals surface area contributed by atoms with Crippen molar-refractivity contribution in [1.29, 1.82) is 0 Å². The zero-order chi connectivity index (χ0) is 19.6. The van der Waals surface area contributed by atoms with Crippen molar-refractivity contribution in [3.63, 3.8) is 0 Å². The molecule has 0 bridgehead atoms. The van der Waals surface area contributed by atoms with Crippen LogP contribution < -0.4 is 0 Å². The number of likely N-dealkylation sites (tertiary alicyclic amines) is 1. The van der Waals surface area contributed by atoms with Crippen molar-refractivity contribution >= 4 is 17.2 Å². The van der Waals surface area contributed by atoms with E-state index in [1.54, 1.807) is 23.3 Å². The van der Waals surface area contributed by atoms with Gasteiger partial charge in [-0.1, -0.05) is 30.3 Å². The van der Waals surface area contributed by atoms with Gasteiger partial charge in [-0.25, -0.2) is 4.98 Å². The molecule has 0 saturated carbocycles. The zero-order valence-electron chi connectivity index (χ0n) is 16.5. The van der Waals surface area contributed by atoms with Crippen LogP contribution in [0.2, 0.25) is 0 Å². The number of carbonyl (C=O) groups excluding carboxylic acids is 1. The van der Waals surface area contributed by atoms with E-state index >= 15 is 0 Å². The number of aromatic nitrogens is 1.